The van der Waals surface area contributed by atoms with Gasteiger partial charge < -0.3 is 16.2 Å². The van der Waals surface area contributed by atoms with Crippen LogP contribution in [-0.4, -0.2) is 51.3 Å². The Hall–Kier alpha value is -3.57. The van der Waals surface area contributed by atoms with Gasteiger partial charge in [-0.25, -0.2) is 0 Å². The second kappa shape index (κ2) is 15.4. The monoisotopic (exact) mass is 517 g/mol. The number of carbonyl (C=O) groups excluding carboxylic acids is 3. The Morgan fingerprint density at radius 2 is 1.64 bits per heavy atom. The number of nitrogens with zero attached hydrogens (tertiary/aromatic N) is 1. The summed E-state index contributed by atoms with van der Waals surface area (Å²) in [6.07, 6.45) is -0.443. The van der Waals surface area contributed by atoms with Crippen LogP contribution in [0.25, 0.3) is 0 Å². The third-order valence-corrected chi connectivity index (χ3v) is 5.97. The molecule has 11 heteroatoms. The Morgan fingerprint density at radius 1 is 1.06 bits per heavy atom. The summed E-state index contributed by atoms with van der Waals surface area (Å²) in [5.41, 5.74) is 7.31. The number of carbonyl (C=O) groups is 4. The molecule has 2 rings (SSSR count). The number of carboxylic acids is 1. The van der Waals surface area contributed by atoms with Crippen molar-refractivity contribution < 1.29 is 29.2 Å². The molecule has 0 spiro atoms. The third kappa shape index (κ3) is 11.2. The quantitative estimate of drug-likeness (QED) is 0.217. The minimum atomic E-state index is -1.14. The van der Waals surface area contributed by atoms with Crippen LogP contribution in [0.2, 0.25) is 0 Å². The predicted octanol–water partition coefficient (Wildman–Crippen LogP) is 3.23. The number of nitrogens with one attached hydrogen (secondary N) is 1. The highest BCUT2D eigenvalue weighted by atomic mass is 32.2. The number of rotatable bonds is 12. The maximum atomic E-state index is 12.3. The highest BCUT2D eigenvalue weighted by Gasteiger charge is 2.26. The Balaban J connectivity index is 0.000000450. The van der Waals surface area contributed by atoms with Crippen molar-refractivity contribution in [3.8, 4) is 0 Å². The molecule has 0 aliphatic heterocycles. The first-order chi connectivity index (χ1) is 16.9. The zero-order valence-corrected chi connectivity index (χ0v) is 21.2. The van der Waals surface area contributed by atoms with Crippen molar-refractivity contribution >= 4 is 40.9 Å². The lowest BCUT2D eigenvalue weighted by Gasteiger charge is -2.20. The van der Waals surface area contributed by atoms with Crippen molar-refractivity contribution in [2.24, 2.45) is 11.7 Å². The fourth-order valence-corrected chi connectivity index (χ4v) is 3.69. The number of hydrogen-bond acceptors (Lipinski definition) is 8. The molecule has 0 bridgehead atoms. The number of Topliss-reactive ketones (excluding diaryl/α,β-unsaturated/α-hetero) is 2. The summed E-state index contributed by atoms with van der Waals surface area (Å²) >= 11 is 1.39. The molecule has 0 saturated carbocycles. The van der Waals surface area contributed by atoms with Crippen LogP contribution in [0.15, 0.2) is 54.6 Å². The highest BCUT2D eigenvalue weighted by Crippen LogP contribution is 2.14. The van der Waals surface area contributed by atoms with Gasteiger partial charge in [-0.15, -0.1) is 11.8 Å². The van der Waals surface area contributed by atoms with Gasteiger partial charge in [0.1, 0.15) is 0 Å². The maximum Gasteiger partial charge on any atom is 0.305 e. The van der Waals surface area contributed by atoms with Crippen LogP contribution in [0.3, 0.4) is 0 Å². The van der Waals surface area contributed by atoms with Crippen molar-refractivity contribution in [2.45, 2.75) is 45.0 Å². The first-order valence-electron chi connectivity index (χ1n) is 11.1. The molecular formula is C25H31N3O7S. The molecule has 10 nitrogen and oxygen atoms in total. The lowest BCUT2D eigenvalue weighted by molar-refractivity contribution is -0.384. The van der Waals surface area contributed by atoms with Gasteiger partial charge in [-0.3, -0.25) is 29.3 Å². The fraction of sp³-hybridized carbons (Fsp3) is 0.360. The predicted molar refractivity (Wildman–Crippen MR) is 138 cm³/mol. The van der Waals surface area contributed by atoms with E-state index in [-0.39, 0.29) is 28.9 Å². The Morgan fingerprint density at radius 3 is 2.11 bits per heavy atom. The summed E-state index contributed by atoms with van der Waals surface area (Å²) in [6, 6.07) is 13.3. The van der Waals surface area contributed by atoms with Crippen LogP contribution in [0.5, 0.6) is 0 Å². The van der Waals surface area contributed by atoms with Gasteiger partial charge in [0.15, 0.2) is 11.6 Å². The zero-order valence-electron chi connectivity index (χ0n) is 20.4. The smallest absolute Gasteiger partial charge is 0.305 e. The normalized spacial score (nSPS) is 12.0. The number of carboxylic acid groups (broad SMARTS) is 1. The van der Waals surface area contributed by atoms with Gasteiger partial charge in [0.25, 0.3) is 5.69 Å². The number of nitrogens with two attached hydrogens (primary N) is 1. The van der Waals surface area contributed by atoms with Gasteiger partial charge in [-0.05, 0) is 30.5 Å². The topological polar surface area (TPSA) is 170 Å². The van der Waals surface area contributed by atoms with Crippen molar-refractivity contribution in [3.05, 3.63) is 75.8 Å². The van der Waals surface area contributed by atoms with Gasteiger partial charge in [0, 0.05) is 23.4 Å². The highest BCUT2D eigenvalue weighted by molar-refractivity contribution is 7.99. The molecule has 0 aromatic heterocycles. The summed E-state index contributed by atoms with van der Waals surface area (Å²) in [6.45, 7) is 4.99. The van der Waals surface area contributed by atoms with Gasteiger partial charge in [0.05, 0.1) is 29.2 Å². The average Bonchev–Trinajstić information content (AvgIpc) is 2.83. The summed E-state index contributed by atoms with van der Waals surface area (Å²) in [5.74, 6) is -1.38. The number of non-ortho nitro benzene ring substituents is 1. The average molecular weight is 518 g/mol. The van der Waals surface area contributed by atoms with Gasteiger partial charge >= 0.3 is 5.97 Å². The fourth-order valence-electron chi connectivity index (χ4n) is 2.75. The molecular weight excluding hydrogens is 486 g/mol. The molecule has 2 aromatic carbocycles. The number of nitro groups is 1. The number of aliphatic carboxylic acids is 1. The van der Waals surface area contributed by atoms with Crippen LogP contribution < -0.4 is 11.1 Å². The first kappa shape index (κ1) is 30.5. The molecule has 2 atom stereocenters. The minimum Gasteiger partial charge on any atom is -0.481 e. The summed E-state index contributed by atoms with van der Waals surface area (Å²) in [4.78, 5) is 55.7. The number of hydrogen-bond donors (Lipinski definition) is 3. The second-order valence-electron chi connectivity index (χ2n) is 8.23. The Kier molecular flexibility index (Phi) is 13.1. The van der Waals surface area contributed by atoms with Gasteiger partial charge in [-0.2, -0.15) is 0 Å². The summed E-state index contributed by atoms with van der Waals surface area (Å²) in [5, 5.41) is 21.6. The zero-order chi connectivity index (χ0) is 27.3. The lowest BCUT2D eigenvalue weighted by Crippen LogP contribution is -2.51. The number of nitro benzene ring substituents is 1. The van der Waals surface area contributed by atoms with Crippen molar-refractivity contribution in [3.63, 3.8) is 0 Å². The number of amides is 1. The van der Waals surface area contributed by atoms with Crippen LogP contribution in [0.4, 0.5) is 5.69 Å². The Labute approximate surface area is 213 Å². The molecule has 0 saturated heterocycles. The molecule has 0 radical (unpaired) electrons. The summed E-state index contributed by atoms with van der Waals surface area (Å²) in [7, 11) is 0. The van der Waals surface area contributed by atoms with E-state index < -0.39 is 35.3 Å². The molecule has 0 aliphatic rings. The second-order valence-corrected chi connectivity index (χ2v) is 9.22. The van der Waals surface area contributed by atoms with E-state index in [0.29, 0.717) is 11.3 Å². The van der Waals surface area contributed by atoms with E-state index in [4.69, 9.17) is 10.8 Å². The molecule has 0 heterocycles. The van der Waals surface area contributed by atoms with Crippen molar-refractivity contribution in [2.75, 3.05) is 5.75 Å². The minimum absolute atomic E-state index is 0.000000000000000222. The maximum absolute atomic E-state index is 12.3. The lowest BCUT2D eigenvalue weighted by atomic mass is 10.0. The van der Waals surface area contributed by atoms with Crippen molar-refractivity contribution in [1.82, 2.24) is 5.32 Å². The Bertz CT molecular complexity index is 1010. The van der Waals surface area contributed by atoms with E-state index in [2.05, 4.69) is 5.32 Å². The third-order valence-electron chi connectivity index (χ3n) is 4.95. The van der Waals surface area contributed by atoms with Gasteiger partial charge in [0.2, 0.25) is 5.91 Å². The molecule has 1 amide bonds. The number of benzene rings is 2. The molecule has 194 valence electrons. The van der Waals surface area contributed by atoms with Gasteiger partial charge in [-0.1, -0.05) is 44.2 Å². The van der Waals surface area contributed by atoms with Crippen LogP contribution in [0, 0.1) is 16.0 Å². The SMILES string of the molecule is CC(=O)c1ccc([N+](=O)[O-])cc1.CC(C)[C@H](N)C(=O)NC(CC(=O)O)C(=O)CSCc1ccccc1. The molecule has 0 aliphatic carbocycles. The standard InChI is InChI=1S/C17H24N2O4S.C8H7NO3/c1-11(2)16(18)17(23)19-13(8-15(21)22)14(20)10-24-9-12-6-4-3-5-7-12;1-6(10)7-2-4-8(5-3-7)9(11)12/h3-7,11,13,16H,8-10,18H2,1-2H3,(H,19,23)(H,21,22);2-5H,1H3/t13?,16-;/m0./s1. The largest absolute Gasteiger partial charge is 0.481 e. The molecule has 2 aromatic rings. The van der Waals surface area contributed by atoms with E-state index in [1.54, 1.807) is 13.8 Å². The molecule has 36 heavy (non-hydrogen) atoms. The molecule has 0 fully saturated rings. The van der Waals surface area contributed by atoms with Crippen LogP contribution in [-0.2, 0) is 20.1 Å². The van der Waals surface area contributed by atoms with E-state index >= 15 is 0 Å². The van der Waals surface area contributed by atoms with Crippen LogP contribution >= 0.6 is 11.8 Å². The van der Waals surface area contributed by atoms with E-state index in [1.165, 1.54) is 43.0 Å². The molecule has 1 unspecified atom stereocenters. The van der Waals surface area contributed by atoms with E-state index in [9.17, 15) is 29.3 Å². The first-order valence-corrected chi connectivity index (χ1v) is 12.2. The van der Waals surface area contributed by atoms with E-state index in [1.807, 2.05) is 30.3 Å². The number of ketones is 2. The van der Waals surface area contributed by atoms with E-state index in [0.717, 1.165) is 5.56 Å². The van der Waals surface area contributed by atoms with Crippen LogP contribution in [0.1, 0.15) is 43.1 Å². The molecule has 4 N–H and O–H groups in total. The summed E-state index contributed by atoms with van der Waals surface area (Å²) < 4.78 is 0. The number of thioether (sulfide) groups is 1. The van der Waals surface area contributed by atoms with Crippen molar-refractivity contribution in [1.29, 1.82) is 0 Å².